The highest BCUT2D eigenvalue weighted by Crippen LogP contribution is 2.31. The van der Waals surface area contributed by atoms with Crippen LogP contribution in [0.3, 0.4) is 0 Å². The second kappa shape index (κ2) is 12.3. The summed E-state index contributed by atoms with van der Waals surface area (Å²) in [6.45, 7) is 0.430. The van der Waals surface area contributed by atoms with Gasteiger partial charge in [0.25, 0.3) is 10.0 Å². The highest BCUT2D eigenvalue weighted by molar-refractivity contribution is 7.90. The number of carboxylic acid groups (broad SMARTS) is 1. The van der Waals surface area contributed by atoms with E-state index in [0.717, 1.165) is 17.2 Å². The number of carboxylic acids is 1. The van der Waals surface area contributed by atoms with Crippen molar-refractivity contribution in [1.29, 1.82) is 0 Å². The van der Waals surface area contributed by atoms with Crippen LogP contribution in [0.25, 0.3) is 0 Å². The zero-order valence-electron chi connectivity index (χ0n) is 20.7. The van der Waals surface area contributed by atoms with Crippen molar-refractivity contribution in [2.24, 2.45) is 10.1 Å². The zero-order valence-corrected chi connectivity index (χ0v) is 23.0. The molecule has 0 fully saturated rings. The normalized spacial score (nSPS) is 15.9. The number of halogens is 2. The van der Waals surface area contributed by atoms with Crippen LogP contribution in [0.2, 0.25) is 10.0 Å². The molecule has 1 atom stereocenters. The van der Waals surface area contributed by atoms with Crippen LogP contribution < -0.4 is 9.46 Å². The molecule has 2 N–H and O–H groups in total. The molecule has 9 nitrogen and oxygen atoms in total. The maximum absolute atomic E-state index is 13.0. The number of benzene rings is 3. The molecular weight excluding hydrogens is 563 g/mol. The number of sulfonamides is 1. The molecule has 3 aromatic carbocycles. The first kappa shape index (κ1) is 28.2. The third kappa shape index (κ3) is 7.17. The third-order valence-corrected chi connectivity index (χ3v) is 7.60. The number of hydrogen-bond acceptors (Lipinski definition) is 6. The van der Waals surface area contributed by atoms with Gasteiger partial charge in [0.1, 0.15) is 12.4 Å². The highest BCUT2D eigenvalue weighted by atomic mass is 35.5. The summed E-state index contributed by atoms with van der Waals surface area (Å²) in [5.74, 6) is -0.646. The van der Waals surface area contributed by atoms with Crippen LogP contribution in [0.5, 0.6) is 5.75 Å². The van der Waals surface area contributed by atoms with Crippen molar-refractivity contribution in [3.8, 4) is 5.75 Å². The lowest BCUT2D eigenvalue weighted by atomic mass is 9.90. The quantitative estimate of drug-likeness (QED) is 0.222. The van der Waals surface area contributed by atoms with E-state index in [-0.39, 0.29) is 23.4 Å². The van der Waals surface area contributed by atoms with Gasteiger partial charge < -0.3 is 9.84 Å². The Morgan fingerprint density at radius 1 is 1.08 bits per heavy atom. The summed E-state index contributed by atoms with van der Waals surface area (Å²) in [6, 6.07) is 20.4. The SMILES string of the molecule is CN=C(NS(=O)(=O)c1ccc(Cl)cc1)N1CC(c2ccc(OC/C=C/C(=O)O)cc2)C(c2ccc(Cl)cc2)=N1. The summed E-state index contributed by atoms with van der Waals surface area (Å²) < 4.78 is 34.1. The van der Waals surface area contributed by atoms with Crippen LogP contribution in [-0.2, 0) is 14.8 Å². The van der Waals surface area contributed by atoms with Gasteiger partial charge in [0, 0.05) is 29.1 Å². The van der Waals surface area contributed by atoms with Gasteiger partial charge in [0.05, 0.1) is 17.2 Å². The molecule has 0 aromatic heterocycles. The minimum atomic E-state index is -3.94. The number of carbonyl (C=O) groups is 1. The second-order valence-electron chi connectivity index (χ2n) is 8.35. The number of aliphatic imine (C=N–C) groups is 1. The fourth-order valence-corrected chi connectivity index (χ4v) is 5.17. The number of nitrogens with zero attached hydrogens (tertiary/aromatic N) is 3. The van der Waals surface area contributed by atoms with Gasteiger partial charge in [-0.05, 0) is 65.7 Å². The lowest BCUT2D eigenvalue weighted by Crippen LogP contribution is -2.41. The van der Waals surface area contributed by atoms with E-state index >= 15 is 0 Å². The molecule has 0 saturated carbocycles. The molecule has 0 spiro atoms. The van der Waals surface area contributed by atoms with Crippen LogP contribution in [0.15, 0.2) is 99.9 Å². The number of nitrogens with one attached hydrogen (secondary N) is 1. The maximum Gasteiger partial charge on any atom is 0.328 e. The van der Waals surface area contributed by atoms with Crippen molar-refractivity contribution in [2.75, 3.05) is 20.2 Å². The molecule has 39 heavy (non-hydrogen) atoms. The van der Waals surface area contributed by atoms with E-state index in [1.54, 1.807) is 24.3 Å². The Balaban J connectivity index is 1.59. The Bertz CT molecular complexity index is 1520. The first-order valence-corrected chi connectivity index (χ1v) is 13.9. The van der Waals surface area contributed by atoms with E-state index in [9.17, 15) is 13.2 Å². The van der Waals surface area contributed by atoms with Crippen LogP contribution in [0.1, 0.15) is 17.0 Å². The van der Waals surface area contributed by atoms with Crippen LogP contribution in [0.4, 0.5) is 0 Å². The number of ether oxygens (including phenoxy) is 1. The molecule has 1 heterocycles. The zero-order chi connectivity index (χ0) is 28.0. The van der Waals surface area contributed by atoms with E-state index in [2.05, 4.69) is 9.71 Å². The van der Waals surface area contributed by atoms with Crippen molar-refractivity contribution in [2.45, 2.75) is 10.8 Å². The summed E-state index contributed by atoms with van der Waals surface area (Å²) in [6.07, 6.45) is 2.43. The fourth-order valence-electron chi connectivity index (χ4n) is 3.87. The molecule has 1 unspecified atom stereocenters. The van der Waals surface area contributed by atoms with Gasteiger partial charge in [-0.3, -0.25) is 4.99 Å². The molecule has 12 heteroatoms. The molecule has 0 bridgehead atoms. The molecule has 3 aromatic rings. The van der Waals surface area contributed by atoms with Crippen LogP contribution in [-0.4, -0.2) is 56.4 Å². The maximum atomic E-state index is 13.0. The number of hydrazone groups is 1. The molecule has 0 radical (unpaired) electrons. The van der Waals surface area contributed by atoms with Crippen LogP contribution >= 0.6 is 23.2 Å². The van der Waals surface area contributed by atoms with Gasteiger partial charge >= 0.3 is 5.97 Å². The fraction of sp³-hybridized carbons (Fsp3) is 0.148. The lowest BCUT2D eigenvalue weighted by Gasteiger charge is -2.19. The first-order chi connectivity index (χ1) is 18.7. The molecular formula is C27H24Cl2N4O5S. The number of hydrogen-bond donors (Lipinski definition) is 2. The molecule has 1 aliphatic rings. The number of rotatable bonds is 8. The Hall–Kier alpha value is -3.86. The largest absolute Gasteiger partial charge is 0.490 e. The molecule has 202 valence electrons. The Kier molecular flexibility index (Phi) is 8.90. The van der Waals surface area contributed by atoms with Crippen LogP contribution in [0, 0.1) is 0 Å². The van der Waals surface area contributed by atoms with Crippen molar-refractivity contribution >= 4 is 50.9 Å². The average Bonchev–Trinajstić information content (AvgIpc) is 3.36. The molecule has 0 amide bonds. The lowest BCUT2D eigenvalue weighted by molar-refractivity contribution is -0.131. The Morgan fingerprint density at radius 3 is 2.28 bits per heavy atom. The van der Waals surface area contributed by atoms with Crippen molar-refractivity contribution in [1.82, 2.24) is 9.73 Å². The molecule has 0 saturated heterocycles. The van der Waals surface area contributed by atoms with E-state index in [4.69, 9.17) is 38.1 Å². The van der Waals surface area contributed by atoms with E-state index in [1.807, 2.05) is 24.3 Å². The third-order valence-electron chi connectivity index (χ3n) is 5.75. The highest BCUT2D eigenvalue weighted by Gasteiger charge is 2.33. The summed E-state index contributed by atoms with van der Waals surface area (Å²) in [7, 11) is -2.46. The van der Waals surface area contributed by atoms with E-state index in [1.165, 1.54) is 42.4 Å². The second-order valence-corrected chi connectivity index (χ2v) is 10.9. The van der Waals surface area contributed by atoms with E-state index < -0.39 is 16.0 Å². The van der Waals surface area contributed by atoms with Crippen molar-refractivity contribution < 1.29 is 23.1 Å². The number of aliphatic carboxylic acids is 1. The van der Waals surface area contributed by atoms with Gasteiger partial charge in [-0.2, -0.15) is 5.10 Å². The summed E-state index contributed by atoms with van der Waals surface area (Å²) in [5, 5.41) is 16.0. The molecule has 1 aliphatic heterocycles. The summed E-state index contributed by atoms with van der Waals surface area (Å²) in [4.78, 5) is 14.8. The van der Waals surface area contributed by atoms with E-state index in [0.29, 0.717) is 28.1 Å². The standard InChI is InChI=1S/C27H24Cl2N4O5S/c1-30-27(32-39(36,37)23-14-10-21(29)11-15-23)33-17-24(26(31-33)19-4-8-20(28)9-5-19)18-6-12-22(13-7-18)38-16-2-3-25(34)35/h2-15,24H,16-17H2,1H3,(H,30,32)(H,34,35)/b3-2+. The van der Waals surface area contributed by atoms with Gasteiger partial charge in [0.2, 0.25) is 5.96 Å². The van der Waals surface area contributed by atoms with Gasteiger partial charge in [0.15, 0.2) is 0 Å². The molecule has 0 aliphatic carbocycles. The molecule has 4 rings (SSSR count). The predicted octanol–water partition coefficient (Wildman–Crippen LogP) is 4.78. The Morgan fingerprint density at radius 2 is 1.69 bits per heavy atom. The smallest absolute Gasteiger partial charge is 0.328 e. The summed E-state index contributed by atoms with van der Waals surface area (Å²) >= 11 is 12.0. The van der Waals surface area contributed by atoms with Gasteiger partial charge in [-0.15, -0.1) is 0 Å². The van der Waals surface area contributed by atoms with Gasteiger partial charge in [-0.1, -0.05) is 47.5 Å². The number of guanidine groups is 1. The van der Waals surface area contributed by atoms with Gasteiger partial charge in [-0.25, -0.2) is 22.9 Å². The minimum absolute atomic E-state index is 0.0412. The predicted molar refractivity (Wildman–Crippen MR) is 151 cm³/mol. The topological polar surface area (TPSA) is 121 Å². The Labute approximate surface area is 236 Å². The van der Waals surface area contributed by atoms with Crippen molar-refractivity contribution in [3.63, 3.8) is 0 Å². The minimum Gasteiger partial charge on any atom is -0.490 e. The first-order valence-electron chi connectivity index (χ1n) is 11.7. The van der Waals surface area contributed by atoms with Crippen molar-refractivity contribution in [3.05, 3.63) is 106 Å². The monoisotopic (exact) mass is 586 g/mol. The average molecular weight is 587 g/mol. The summed E-state index contributed by atoms with van der Waals surface area (Å²) in [5.41, 5.74) is 2.44.